The summed E-state index contributed by atoms with van der Waals surface area (Å²) < 4.78 is 0. The van der Waals surface area contributed by atoms with Gasteiger partial charge in [0.25, 0.3) is 0 Å². The monoisotopic (exact) mass is 99.1 g/mol. The van der Waals surface area contributed by atoms with Crippen LogP contribution in [0.4, 0.5) is 0 Å². The molecule has 7 heavy (non-hydrogen) atoms. The van der Waals surface area contributed by atoms with Gasteiger partial charge in [0.2, 0.25) is 0 Å². The van der Waals surface area contributed by atoms with E-state index in [1.165, 1.54) is 0 Å². The number of hydrogen-bond donors (Lipinski definition) is 1. The van der Waals surface area contributed by atoms with Crippen molar-refractivity contribution in [2.75, 3.05) is 0 Å². The van der Waals surface area contributed by atoms with Crippen LogP contribution in [0.3, 0.4) is 0 Å². The van der Waals surface area contributed by atoms with Crippen LogP contribution in [0.15, 0.2) is 12.3 Å². The Bertz CT molecular complexity index is 57.2. The molecule has 0 fully saturated rings. The van der Waals surface area contributed by atoms with Gasteiger partial charge in [0.05, 0.1) is 19.1 Å². The SMILES string of the molecule is C=C(O)CCC[CH2+]. The van der Waals surface area contributed by atoms with Gasteiger partial charge in [-0.3, -0.25) is 0 Å². The number of hydrogen-bond acceptors (Lipinski definition) is 1. The molecule has 0 aliphatic carbocycles. The van der Waals surface area contributed by atoms with E-state index in [1.54, 1.807) is 0 Å². The van der Waals surface area contributed by atoms with E-state index in [0.717, 1.165) is 12.8 Å². The van der Waals surface area contributed by atoms with Crippen LogP contribution in [0.2, 0.25) is 0 Å². The van der Waals surface area contributed by atoms with Gasteiger partial charge in [0.1, 0.15) is 0 Å². The van der Waals surface area contributed by atoms with Crippen molar-refractivity contribution in [1.29, 1.82) is 0 Å². The highest BCUT2D eigenvalue weighted by Crippen LogP contribution is 1.98. The summed E-state index contributed by atoms with van der Waals surface area (Å²) in [6.07, 6.45) is 2.51. The fourth-order valence-electron chi connectivity index (χ4n) is 0.329. The fraction of sp³-hybridized carbons (Fsp3) is 0.500. The van der Waals surface area contributed by atoms with E-state index in [-0.39, 0.29) is 5.76 Å². The minimum atomic E-state index is 0.267. The Labute approximate surface area is 44.7 Å². The van der Waals surface area contributed by atoms with Gasteiger partial charge in [-0.15, -0.1) is 0 Å². The molecule has 1 nitrogen and oxygen atoms in total. The maximum Gasteiger partial charge on any atom is 0.0855 e. The lowest BCUT2D eigenvalue weighted by Crippen LogP contribution is -1.75. The molecule has 0 bridgehead atoms. The normalized spacial score (nSPS) is 8.57. The maximum absolute atomic E-state index is 8.46. The summed E-state index contributed by atoms with van der Waals surface area (Å²) in [5.74, 6) is 0.267. The Morgan fingerprint density at radius 1 is 1.71 bits per heavy atom. The van der Waals surface area contributed by atoms with Crippen molar-refractivity contribution in [3.05, 3.63) is 19.3 Å². The Morgan fingerprint density at radius 3 is 2.43 bits per heavy atom. The first kappa shape index (κ1) is 6.41. The molecule has 0 atom stereocenters. The molecule has 1 N–H and O–H groups in total. The smallest absolute Gasteiger partial charge is 0.0855 e. The van der Waals surface area contributed by atoms with Crippen molar-refractivity contribution in [2.45, 2.75) is 19.3 Å². The van der Waals surface area contributed by atoms with Crippen LogP contribution >= 0.6 is 0 Å². The van der Waals surface area contributed by atoms with E-state index in [0.29, 0.717) is 6.42 Å². The van der Waals surface area contributed by atoms with E-state index >= 15 is 0 Å². The van der Waals surface area contributed by atoms with Crippen molar-refractivity contribution in [3.8, 4) is 0 Å². The van der Waals surface area contributed by atoms with E-state index in [4.69, 9.17) is 5.11 Å². The zero-order valence-corrected chi connectivity index (χ0v) is 4.48. The van der Waals surface area contributed by atoms with Crippen LogP contribution in [0.1, 0.15) is 19.3 Å². The second-order valence-electron chi connectivity index (χ2n) is 1.52. The number of aliphatic hydroxyl groups excluding tert-OH is 1. The van der Waals surface area contributed by atoms with Crippen molar-refractivity contribution in [2.24, 2.45) is 0 Å². The zero-order valence-electron chi connectivity index (χ0n) is 4.48. The topological polar surface area (TPSA) is 20.2 Å². The molecule has 0 aliphatic rings. The first-order valence-electron chi connectivity index (χ1n) is 2.43. The third kappa shape index (κ3) is 5.41. The van der Waals surface area contributed by atoms with Crippen molar-refractivity contribution in [3.63, 3.8) is 0 Å². The van der Waals surface area contributed by atoms with Crippen LogP contribution in [-0.2, 0) is 0 Å². The van der Waals surface area contributed by atoms with Gasteiger partial charge in [0.15, 0.2) is 0 Å². The minimum Gasteiger partial charge on any atom is -0.513 e. The molecule has 0 aromatic carbocycles. The largest absolute Gasteiger partial charge is 0.513 e. The van der Waals surface area contributed by atoms with Crippen molar-refractivity contribution >= 4 is 0 Å². The third-order valence-corrected chi connectivity index (χ3v) is 0.715. The average Bonchev–Trinajstić information content (AvgIpc) is 1.61. The average molecular weight is 99.2 g/mol. The summed E-state index contributed by atoms with van der Waals surface area (Å²) in [6.45, 7) is 6.93. The van der Waals surface area contributed by atoms with E-state index in [2.05, 4.69) is 13.5 Å². The molecular weight excluding hydrogens is 88.1 g/mol. The predicted octanol–water partition coefficient (Wildman–Crippen LogP) is 2.06. The van der Waals surface area contributed by atoms with Crippen LogP contribution in [0.25, 0.3) is 0 Å². The molecule has 0 aliphatic heterocycles. The lowest BCUT2D eigenvalue weighted by molar-refractivity contribution is 0.387. The third-order valence-electron chi connectivity index (χ3n) is 0.715. The van der Waals surface area contributed by atoms with Gasteiger partial charge in [-0.2, -0.15) is 0 Å². The maximum atomic E-state index is 8.46. The second kappa shape index (κ2) is 3.59. The molecule has 0 spiro atoms. The lowest BCUT2D eigenvalue weighted by Gasteiger charge is -1.88. The molecule has 0 aromatic rings. The van der Waals surface area contributed by atoms with Crippen LogP contribution < -0.4 is 0 Å². The summed E-state index contributed by atoms with van der Waals surface area (Å²) in [5.41, 5.74) is 0. The summed E-state index contributed by atoms with van der Waals surface area (Å²) >= 11 is 0. The van der Waals surface area contributed by atoms with E-state index < -0.39 is 0 Å². The molecule has 0 saturated carbocycles. The molecule has 0 unspecified atom stereocenters. The molecule has 0 heterocycles. The van der Waals surface area contributed by atoms with Crippen LogP contribution in [-0.4, -0.2) is 5.11 Å². The Kier molecular flexibility index (Phi) is 3.29. The second-order valence-corrected chi connectivity index (χ2v) is 1.52. The number of rotatable bonds is 3. The van der Waals surface area contributed by atoms with Crippen LogP contribution in [0.5, 0.6) is 0 Å². The molecule has 0 saturated heterocycles. The number of allylic oxidation sites excluding steroid dienone is 1. The predicted molar refractivity (Wildman–Crippen MR) is 31.0 cm³/mol. The highest BCUT2D eigenvalue weighted by Gasteiger charge is 1.87. The van der Waals surface area contributed by atoms with Gasteiger partial charge in [-0.1, -0.05) is 6.58 Å². The Hall–Kier alpha value is -0.590. The first-order chi connectivity index (χ1) is 3.27. The van der Waals surface area contributed by atoms with Crippen molar-refractivity contribution < 1.29 is 5.11 Å². The minimum absolute atomic E-state index is 0.267. The van der Waals surface area contributed by atoms with Crippen molar-refractivity contribution in [1.82, 2.24) is 0 Å². The molecular formula is C6H11O+. The summed E-state index contributed by atoms with van der Waals surface area (Å²) in [5, 5.41) is 8.46. The van der Waals surface area contributed by atoms with Crippen LogP contribution in [0, 0.1) is 6.92 Å². The fourth-order valence-corrected chi connectivity index (χ4v) is 0.329. The van der Waals surface area contributed by atoms with E-state index in [1.807, 2.05) is 0 Å². The Morgan fingerprint density at radius 2 is 2.29 bits per heavy atom. The van der Waals surface area contributed by atoms with Gasteiger partial charge in [-0.05, 0) is 6.42 Å². The summed E-state index contributed by atoms with van der Waals surface area (Å²) in [7, 11) is 0. The lowest BCUT2D eigenvalue weighted by atomic mass is 10.2. The summed E-state index contributed by atoms with van der Waals surface area (Å²) in [4.78, 5) is 0. The molecule has 0 aromatic heterocycles. The van der Waals surface area contributed by atoms with Gasteiger partial charge in [0, 0.05) is 6.42 Å². The highest BCUT2D eigenvalue weighted by molar-refractivity contribution is 4.77. The number of aliphatic hydroxyl groups is 1. The van der Waals surface area contributed by atoms with Gasteiger partial charge in [-0.25, -0.2) is 0 Å². The molecule has 0 amide bonds. The molecule has 0 radical (unpaired) electrons. The first-order valence-corrected chi connectivity index (χ1v) is 2.43. The molecule has 40 valence electrons. The highest BCUT2D eigenvalue weighted by atomic mass is 16.3. The van der Waals surface area contributed by atoms with Gasteiger partial charge >= 0.3 is 0 Å². The zero-order chi connectivity index (χ0) is 5.70. The van der Waals surface area contributed by atoms with E-state index in [9.17, 15) is 0 Å². The summed E-state index contributed by atoms with van der Waals surface area (Å²) in [6, 6.07) is 0. The Balaban J connectivity index is 2.82. The standard InChI is InChI=1S/C6H10O/c1-3-4-5-6(2)7/h1-5H2/p+1. The number of unbranched alkanes of at least 4 members (excludes halogenated alkanes) is 1. The quantitative estimate of drug-likeness (QED) is 0.424. The molecule has 0 rings (SSSR count). The van der Waals surface area contributed by atoms with Gasteiger partial charge < -0.3 is 5.11 Å². The molecule has 1 heteroatoms.